The predicted molar refractivity (Wildman–Crippen MR) is 121 cm³/mol. The summed E-state index contributed by atoms with van der Waals surface area (Å²) in [7, 11) is 0. The minimum atomic E-state index is -0.0615. The number of carbonyl (C=O) groups excluding carboxylic acids is 1. The van der Waals surface area contributed by atoms with E-state index in [1.54, 1.807) is 0 Å². The van der Waals surface area contributed by atoms with E-state index in [1.165, 1.54) is 5.56 Å². The van der Waals surface area contributed by atoms with Crippen molar-refractivity contribution < 1.29 is 13.9 Å². The molecule has 0 saturated carbocycles. The van der Waals surface area contributed by atoms with Gasteiger partial charge in [0.1, 0.15) is 11.5 Å². The molecule has 1 amide bonds. The Labute approximate surface area is 183 Å². The zero-order valence-electron chi connectivity index (χ0n) is 18.8. The van der Waals surface area contributed by atoms with Crippen LogP contribution in [0.25, 0.3) is 5.69 Å². The van der Waals surface area contributed by atoms with Crippen LogP contribution in [0, 0.1) is 27.7 Å². The van der Waals surface area contributed by atoms with Crippen molar-refractivity contribution in [1.82, 2.24) is 14.8 Å². The summed E-state index contributed by atoms with van der Waals surface area (Å²) in [5, 5.41) is 3.15. The van der Waals surface area contributed by atoms with Crippen molar-refractivity contribution in [3.63, 3.8) is 0 Å². The largest absolute Gasteiger partial charge is 0.465 e. The van der Waals surface area contributed by atoms with Crippen molar-refractivity contribution in [1.29, 1.82) is 0 Å². The molecule has 164 valence electrons. The molecule has 0 aliphatic carbocycles. The lowest BCUT2D eigenvalue weighted by molar-refractivity contribution is 0.0117. The van der Waals surface area contributed by atoms with Crippen LogP contribution < -0.4 is 5.32 Å². The van der Waals surface area contributed by atoms with E-state index >= 15 is 0 Å². The van der Waals surface area contributed by atoms with Crippen LogP contribution in [0.2, 0.25) is 0 Å². The van der Waals surface area contributed by atoms with Gasteiger partial charge in [-0.15, -0.1) is 0 Å². The zero-order valence-corrected chi connectivity index (χ0v) is 18.8. The number of furan rings is 1. The summed E-state index contributed by atoms with van der Waals surface area (Å²) in [5.74, 6) is 1.69. The molecule has 6 heteroatoms. The molecular weight excluding hydrogens is 390 g/mol. The normalized spacial score (nSPS) is 15.7. The Morgan fingerprint density at radius 2 is 1.84 bits per heavy atom. The first-order chi connectivity index (χ1) is 14.9. The molecule has 0 spiro atoms. The fraction of sp³-hybridized carbons (Fsp3) is 0.400. The standard InChI is InChI=1S/C25H31N3O3/c1-17-6-5-7-21(14-17)28-18(2)15-22(20(28)4)25(29)26-16-23(24-9-8-19(3)31-24)27-10-12-30-13-11-27/h5-9,14-15,23H,10-13,16H2,1-4H3,(H,26,29). The van der Waals surface area contributed by atoms with E-state index in [-0.39, 0.29) is 11.9 Å². The van der Waals surface area contributed by atoms with Crippen molar-refractivity contribution >= 4 is 5.91 Å². The van der Waals surface area contributed by atoms with E-state index in [2.05, 4.69) is 39.9 Å². The van der Waals surface area contributed by atoms with Crippen molar-refractivity contribution in [3.05, 3.63) is 76.5 Å². The number of rotatable bonds is 6. The molecule has 4 rings (SSSR count). The highest BCUT2D eigenvalue weighted by Gasteiger charge is 2.26. The number of nitrogens with zero attached hydrogens (tertiary/aromatic N) is 2. The van der Waals surface area contributed by atoms with Gasteiger partial charge in [0.25, 0.3) is 5.91 Å². The minimum absolute atomic E-state index is 0.0122. The van der Waals surface area contributed by atoms with Gasteiger partial charge in [0.2, 0.25) is 0 Å². The Hall–Kier alpha value is -2.83. The van der Waals surface area contributed by atoms with E-state index < -0.39 is 0 Å². The Morgan fingerprint density at radius 1 is 1.06 bits per heavy atom. The smallest absolute Gasteiger partial charge is 0.253 e. The lowest BCUT2D eigenvalue weighted by Crippen LogP contribution is -2.43. The molecule has 0 bridgehead atoms. The van der Waals surface area contributed by atoms with Crippen LogP contribution in [-0.4, -0.2) is 48.2 Å². The number of amides is 1. The van der Waals surface area contributed by atoms with Gasteiger partial charge in [-0.2, -0.15) is 0 Å². The molecule has 1 unspecified atom stereocenters. The van der Waals surface area contributed by atoms with Crippen molar-refractivity contribution in [2.24, 2.45) is 0 Å². The fourth-order valence-corrected chi connectivity index (χ4v) is 4.37. The summed E-state index contributed by atoms with van der Waals surface area (Å²) in [6.07, 6.45) is 0. The van der Waals surface area contributed by atoms with Crippen LogP contribution in [0.5, 0.6) is 0 Å². The van der Waals surface area contributed by atoms with Crippen LogP contribution in [0.15, 0.2) is 46.9 Å². The number of benzene rings is 1. The molecule has 31 heavy (non-hydrogen) atoms. The summed E-state index contributed by atoms with van der Waals surface area (Å²) in [6, 6.07) is 14.3. The van der Waals surface area contributed by atoms with Gasteiger partial charge in [0.15, 0.2) is 0 Å². The number of hydrogen-bond donors (Lipinski definition) is 1. The van der Waals surface area contributed by atoms with Gasteiger partial charge in [0, 0.05) is 36.7 Å². The first-order valence-corrected chi connectivity index (χ1v) is 10.9. The second-order valence-corrected chi connectivity index (χ2v) is 8.28. The first kappa shape index (κ1) is 21.4. The third-order valence-corrected chi connectivity index (χ3v) is 5.97. The highest BCUT2D eigenvalue weighted by Crippen LogP contribution is 2.25. The van der Waals surface area contributed by atoms with E-state index in [9.17, 15) is 4.79 Å². The molecule has 1 fully saturated rings. The summed E-state index contributed by atoms with van der Waals surface area (Å²) in [4.78, 5) is 15.5. The summed E-state index contributed by atoms with van der Waals surface area (Å²) < 4.78 is 13.6. The Bertz CT molecular complexity index is 1060. The quantitative estimate of drug-likeness (QED) is 0.651. The van der Waals surface area contributed by atoms with E-state index in [4.69, 9.17) is 9.15 Å². The minimum Gasteiger partial charge on any atom is -0.465 e. The Morgan fingerprint density at radius 3 is 2.52 bits per heavy atom. The van der Waals surface area contributed by atoms with Crippen LogP contribution in [0.3, 0.4) is 0 Å². The second kappa shape index (κ2) is 9.12. The van der Waals surface area contributed by atoms with Crippen molar-refractivity contribution in [3.8, 4) is 5.69 Å². The Kier molecular flexibility index (Phi) is 6.30. The van der Waals surface area contributed by atoms with Gasteiger partial charge in [-0.25, -0.2) is 0 Å². The molecule has 2 aromatic heterocycles. The maximum absolute atomic E-state index is 13.2. The zero-order chi connectivity index (χ0) is 22.0. The molecule has 3 heterocycles. The van der Waals surface area contributed by atoms with E-state index in [0.29, 0.717) is 25.3 Å². The number of nitrogens with one attached hydrogen (secondary N) is 1. The van der Waals surface area contributed by atoms with Crippen molar-refractivity contribution in [2.45, 2.75) is 33.7 Å². The molecule has 6 nitrogen and oxygen atoms in total. The number of carbonyl (C=O) groups is 1. The van der Waals surface area contributed by atoms with Gasteiger partial charge in [-0.1, -0.05) is 12.1 Å². The number of aryl methyl sites for hydroxylation is 3. The topological polar surface area (TPSA) is 59.6 Å². The van der Waals surface area contributed by atoms with Gasteiger partial charge >= 0.3 is 0 Å². The van der Waals surface area contributed by atoms with Crippen LogP contribution in [0.4, 0.5) is 0 Å². The van der Waals surface area contributed by atoms with Gasteiger partial charge in [-0.05, 0) is 63.6 Å². The Balaban J connectivity index is 1.54. The van der Waals surface area contributed by atoms with E-state index in [1.807, 2.05) is 45.0 Å². The predicted octanol–water partition coefficient (Wildman–Crippen LogP) is 4.11. The summed E-state index contributed by atoms with van der Waals surface area (Å²) in [5.41, 5.74) is 4.96. The molecule has 1 aliphatic heterocycles. The highest BCUT2D eigenvalue weighted by molar-refractivity contribution is 5.96. The highest BCUT2D eigenvalue weighted by atomic mass is 16.5. The molecule has 1 aliphatic rings. The number of morpholine rings is 1. The van der Waals surface area contributed by atoms with Gasteiger partial charge < -0.3 is 19.0 Å². The van der Waals surface area contributed by atoms with Crippen LogP contribution in [-0.2, 0) is 4.74 Å². The third-order valence-electron chi connectivity index (χ3n) is 5.97. The van der Waals surface area contributed by atoms with Gasteiger partial charge in [0.05, 0.1) is 24.8 Å². The monoisotopic (exact) mass is 421 g/mol. The molecule has 1 atom stereocenters. The maximum Gasteiger partial charge on any atom is 0.253 e. The molecular formula is C25H31N3O3. The SMILES string of the molecule is Cc1cccc(-n2c(C)cc(C(=O)NCC(c3ccc(C)o3)N3CCOCC3)c2C)c1. The number of hydrogen-bond acceptors (Lipinski definition) is 4. The number of ether oxygens (including phenoxy) is 1. The molecule has 0 radical (unpaired) electrons. The molecule has 1 aromatic carbocycles. The van der Waals surface area contributed by atoms with Crippen molar-refractivity contribution in [2.75, 3.05) is 32.8 Å². The average molecular weight is 422 g/mol. The summed E-state index contributed by atoms with van der Waals surface area (Å²) in [6.45, 7) is 11.6. The lowest BCUT2D eigenvalue weighted by Gasteiger charge is -2.33. The first-order valence-electron chi connectivity index (χ1n) is 10.9. The fourth-order valence-electron chi connectivity index (χ4n) is 4.37. The third kappa shape index (κ3) is 4.60. The molecule has 1 saturated heterocycles. The second-order valence-electron chi connectivity index (χ2n) is 8.28. The molecule has 3 aromatic rings. The number of aromatic nitrogens is 1. The summed E-state index contributed by atoms with van der Waals surface area (Å²) >= 11 is 0. The van der Waals surface area contributed by atoms with Gasteiger partial charge in [-0.3, -0.25) is 9.69 Å². The average Bonchev–Trinajstić information content (AvgIpc) is 3.31. The van der Waals surface area contributed by atoms with Crippen LogP contribution >= 0.6 is 0 Å². The maximum atomic E-state index is 13.2. The lowest BCUT2D eigenvalue weighted by atomic mass is 10.1. The van der Waals surface area contributed by atoms with Crippen LogP contribution in [0.1, 0.15) is 44.9 Å². The molecule has 1 N–H and O–H groups in total. The van der Waals surface area contributed by atoms with E-state index in [0.717, 1.165) is 41.7 Å².